The molecule has 0 saturated carbocycles. The van der Waals surface area contributed by atoms with E-state index >= 15 is 0 Å². The van der Waals surface area contributed by atoms with Crippen molar-refractivity contribution in [1.29, 1.82) is 0 Å². The lowest BCUT2D eigenvalue weighted by molar-refractivity contribution is -0.104. The van der Waals surface area contributed by atoms with Gasteiger partial charge in [0.2, 0.25) is 0 Å². The van der Waals surface area contributed by atoms with Crippen molar-refractivity contribution in [3.63, 3.8) is 0 Å². The third-order valence-corrected chi connectivity index (χ3v) is 2.59. The molecule has 0 aliphatic rings. The highest BCUT2D eigenvalue weighted by molar-refractivity contribution is 6.17. The number of carbonyl (C=O) groups excluding carboxylic acids is 1. The minimum Gasteiger partial charge on any atom is -0.386 e. The summed E-state index contributed by atoms with van der Waals surface area (Å²) in [6.45, 7) is 1.94. The molecule has 0 aliphatic carbocycles. The number of hydrogen-bond donors (Lipinski definition) is 1. The van der Waals surface area contributed by atoms with Crippen molar-refractivity contribution in [2.24, 2.45) is 0 Å². The Morgan fingerprint density at radius 3 is 2.88 bits per heavy atom. The Balaban J connectivity index is 3.13. The van der Waals surface area contributed by atoms with Gasteiger partial charge in [-0.05, 0) is 29.7 Å². The molecule has 0 aliphatic heterocycles. The molecule has 1 aromatic rings. The Bertz CT molecular complexity index is 402. The number of rotatable bonds is 5. The van der Waals surface area contributed by atoms with Crippen LogP contribution in [0.3, 0.4) is 0 Å². The zero-order valence-corrected chi connectivity index (χ0v) is 10.2. The molecule has 0 fully saturated rings. The lowest BCUT2D eigenvalue weighted by atomic mass is 10.1. The summed E-state index contributed by atoms with van der Waals surface area (Å²) in [5.41, 5.74) is 3.32. The molecule has 1 rings (SSSR count). The van der Waals surface area contributed by atoms with Crippen molar-refractivity contribution in [3.05, 3.63) is 29.1 Å². The molecule has 3 nitrogen and oxygen atoms in total. The van der Waals surface area contributed by atoms with Crippen LogP contribution in [0.25, 0.3) is 6.08 Å². The average molecular weight is 239 g/mol. The highest BCUT2D eigenvalue weighted by Crippen LogP contribution is 2.18. The number of allylic oxidation sites excluding steroid dienone is 1. The van der Waals surface area contributed by atoms with Crippen LogP contribution in [0.2, 0.25) is 0 Å². The summed E-state index contributed by atoms with van der Waals surface area (Å²) in [5.74, 6) is 0.431. The Hall–Kier alpha value is -1.35. The summed E-state index contributed by atoms with van der Waals surface area (Å²) in [5, 5.41) is 3.04. The predicted molar refractivity (Wildman–Crippen MR) is 67.7 cm³/mol. The van der Waals surface area contributed by atoms with E-state index in [0.29, 0.717) is 12.3 Å². The molecule has 0 bridgehead atoms. The van der Waals surface area contributed by atoms with E-state index in [1.165, 1.54) is 0 Å². The number of aldehydes is 1. The maximum absolute atomic E-state index is 10.7. The van der Waals surface area contributed by atoms with Gasteiger partial charge < -0.3 is 5.32 Å². The lowest BCUT2D eigenvalue weighted by Crippen LogP contribution is -1.97. The third kappa shape index (κ3) is 3.07. The van der Waals surface area contributed by atoms with Crippen LogP contribution in [-0.2, 0) is 10.7 Å². The topological polar surface area (TPSA) is 42.0 Å². The maximum Gasteiger partial charge on any atom is 0.146 e. The van der Waals surface area contributed by atoms with E-state index in [1.54, 1.807) is 12.3 Å². The smallest absolute Gasteiger partial charge is 0.146 e. The van der Waals surface area contributed by atoms with E-state index in [2.05, 4.69) is 10.3 Å². The zero-order chi connectivity index (χ0) is 12.0. The van der Waals surface area contributed by atoms with Gasteiger partial charge in [-0.15, -0.1) is 11.6 Å². The second-order valence-corrected chi connectivity index (χ2v) is 3.62. The van der Waals surface area contributed by atoms with E-state index in [4.69, 9.17) is 11.6 Å². The highest BCUT2D eigenvalue weighted by atomic mass is 35.5. The van der Waals surface area contributed by atoms with Crippen LogP contribution in [0.15, 0.2) is 17.8 Å². The van der Waals surface area contributed by atoms with Crippen LogP contribution in [-0.4, -0.2) is 18.3 Å². The monoisotopic (exact) mass is 238 g/mol. The summed E-state index contributed by atoms with van der Waals surface area (Å²) in [4.78, 5) is 15.0. The molecular formula is C12H15ClN2O. The van der Waals surface area contributed by atoms with Gasteiger partial charge in [0.05, 0.1) is 11.4 Å². The Kier molecular flexibility index (Phi) is 4.99. The zero-order valence-electron chi connectivity index (χ0n) is 9.46. The molecule has 0 aromatic carbocycles. The first-order valence-electron chi connectivity index (χ1n) is 5.13. The van der Waals surface area contributed by atoms with E-state index in [9.17, 15) is 4.79 Å². The maximum atomic E-state index is 10.7. The number of pyridine rings is 1. The third-order valence-electron chi connectivity index (χ3n) is 2.28. The normalized spacial score (nSPS) is 11.3. The average Bonchev–Trinajstić information content (AvgIpc) is 2.35. The van der Waals surface area contributed by atoms with Crippen molar-refractivity contribution in [3.8, 4) is 0 Å². The quantitative estimate of drug-likeness (QED) is 0.487. The molecule has 0 saturated heterocycles. The van der Waals surface area contributed by atoms with Crippen molar-refractivity contribution >= 4 is 29.7 Å². The summed E-state index contributed by atoms with van der Waals surface area (Å²) in [6, 6.07) is 1.93. The minimum absolute atomic E-state index is 0.431. The molecule has 1 aromatic heterocycles. The number of carbonyl (C=O) groups is 1. The van der Waals surface area contributed by atoms with Crippen molar-refractivity contribution in [1.82, 2.24) is 4.98 Å². The van der Waals surface area contributed by atoms with Crippen molar-refractivity contribution in [2.45, 2.75) is 19.2 Å². The molecule has 16 heavy (non-hydrogen) atoms. The summed E-state index contributed by atoms with van der Waals surface area (Å²) in [6.07, 6.45) is 5.07. The summed E-state index contributed by atoms with van der Waals surface area (Å²) < 4.78 is 0. The first-order valence-corrected chi connectivity index (χ1v) is 5.67. The molecule has 86 valence electrons. The van der Waals surface area contributed by atoms with Crippen LogP contribution in [0, 0.1) is 0 Å². The highest BCUT2D eigenvalue weighted by Gasteiger charge is 2.03. The Morgan fingerprint density at radius 2 is 2.38 bits per heavy atom. The SMILES string of the molecule is CC/C(C=O)=C/c1ncc(CCl)cc1NC. The fourth-order valence-corrected chi connectivity index (χ4v) is 1.45. The Morgan fingerprint density at radius 1 is 1.62 bits per heavy atom. The molecule has 0 spiro atoms. The second-order valence-electron chi connectivity index (χ2n) is 3.35. The number of halogens is 1. The minimum atomic E-state index is 0.431. The fraction of sp³-hybridized carbons (Fsp3) is 0.333. The molecule has 1 N–H and O–H groups in total. The van der Waals surface area contributed by atoms with Gasteiger partial charge in [0.15, 0.2) is 0 Å². The number of anilines is 1. The molecule has 0 radical (unpaired) electrons. The first-order chi connectivity index (χ1) is 7.74. The standard InChI is InChI=1S/C12H15ClN2O/c1-3-9(8-16)4-12-11(14-2)5-10(6-13)7-15-12/h4-5,7-8,14H,3,6H2,1-2H3/b9-4-. The molecule has 4 heteroatoms. The van der Waals surface area contributed by atoms with Gasteiger partial charge in [-0.1, -0.05) is 6.92 Å². The number of nitrogens with zero attached hydrogens (tertiary/aromatic N) is 1. The van der Waals surface area contributed by atoms with E-state index < -0.39 is 0 Å². The lowest BCUT2D eigenvalue weighted by Gasteiger charge is -2.06. The van der Waals surface area contributed by atoms with Crippen LogP contribution in [0.4, 0.5) is 5.69 Å². The fourth-order valence-electron chi connectivity index (χ4n) is 1.30. The van der Waals surface area contributed by atoms with Crippen LogP contribution in [0.1, 0.15) is 24.6 Å². The Labute approximate surface area is 101 Å². The van der Waals surface area contributed by atoms with Gasteiger partial charge in [0.1, 0.15) is 6.29 Å². The number of aromatic nitrogens is 1. The predicted octanol–water partition coefficient (Wildman–Crippen LogP) is 2.85. The summed E-state index contributed by atoms with van der Waals surface area (Å²) >= 11 is 5.73. The van der Waals surface area contributed by atoms with Crippen molar-refractivity contribution in [2.75, 3.05) is 12.4 Å². The van der Waals surface area contributed by atoms with Gasteiger partial charge in [0, 0.05) is 19.1 Å². The number of nitrogens with one attached hydrogen (secondary N) is 1. The van der Waals surface area contributed by atoms with E-state index in [-0.39, 0.29) is 0 Å². The molecular weight excluding hydrogens is 224 g/mol. The molecule has 0 atom stereocenters. The van der Waals surface area contributed by atoms with Gasteiger partial charge >= 0.3 is 0 Å². The van der Waals surface area contributed by atoms with Gasteiger partial charge in [-0.2, -0.15) is 0 Å². The number of alkyl halides is 1. The van der Waals surface area contributed by atoms with Gasteiger partial charge in [0.25, 0.3) is 0 Å². The molecule has 0 unspecified atom stereocenters. The van der Waals surface area contributed by atoms with Crippen LogP contribution < -0.4 is 5.32 Å². The molecule has 0 amide bonds. The van der Waals surface area contributed by atoms with Crippen molar-refractivity contribution < 1.29 is 4.79 Å². The number of hydrogen-bond acceptors (Lipinski definition) is 3. The van der Waals surface area contributed by atoms with Crippen LogP contribution in [0.5, 0.6) is 0 Å². The van der Waals surface area contributed by atoms with Gasteiger partial charge in [-0.3, -0.25) is 9.78 Å². The van der Waals surface area contributed by atoms with E-state index in [1.807, 2.05) is 20.0 Å². The second kappa shape index (κ2) is 6.28. The summed E-state index contributed by atoms with van der Waals surface area (Å²) in [7, 11) is 1.82. The van der Waals surface area contributed by atoms with Crippen LogP contribution >= 0.6 is 11.6 Å². The largest absolute Gasteiger partial charge is 0.386 e. The van der Waals surface area contributed by atoms with Gasteiger partial charge in [-0.25, -0.2) is 0 Å². The first kappa shape index (κ1) is 12.7. The van der Waals surface area contributed by atoms with E-state index in [0.717, 1.165) is 28.8 Å². The molecule has 1 heterocycles.